The number of carbonyl (C=O) groups excluding carboxylic acids is 3. The first kappa shape index (κ1) is 30.1. The summed E-state index contributed by atoms with van der Waals surface area (Å²) in [5.74, 6) is -1.74. The van der Waals surface area contributed by atoms with Gasteiger partial charge in [0, 0.05) is 17.7 Å². The van der Waals surface area contributed by atoms with Crippen molar-refractivity contribution in [2.24, 2.45) is 5.92 Å². The Bertz CT molecular complexity index is 1550. The van der Waals surface area contributed by atoms with E-state index in [1.54, 1.807) is 30.3 Å². The molecule has 0 saturated carbocycles. The van der Waals surface area contributed by atoms with Gasteiger partial charge in [0.25, 0.3) is 0 Å². The highest BCUT2D eigenvalue weighted by Gasteiger charge is 2.44. The zero-order valence-electron chi connectivity index (χ0n) is 24.1. The number of methoxy groups -OCH3 is 1. The van der Waals surface area contributed by atoms with E-state index in [2.05, 4.69) is 17.4 Å². The van der Waals surface area contributed by atoms with Crippen molar-refractivity contribution in [3.05, 3.63) is 132 Å². The molecule has 0 bridgehead atoms. The van der Waals surface area contributed by atoms with Gasteiger partial charge in [-0.25, -0.2) is 14.1 Å². The third kappa shape index (κ3) is 7.34. The minimum atomic E-state index is -0.919. The molecule has 1 heterocycles. The van der Waals surface area contributed by atoms with E-state index >= 15 is 0 Å². The first-order chi connectivity index (χ1) is 21.4. The summed E-state index contributed by atoms with van der Waals surface area (Å²) in [7, 11) is 1.28. The van der Waals surface area contributed by atoms with E-state index in [0.717, 1.165) is 16.0 Å². The van der Waals surface area contributed by atoms with E-state index in [9.17, 15) is 18.8 Å². The number of cyclic esters (lactones) is 1. The Kier molecular flexibility index (Phi) is 9.72. The summed E-state index contributed by atoms with van der Waals surface area (Å²) < 4.78 is 29.9. The molecule has 1 aliphatic heterocycles. The average Bonchev–Trinajstić information content (AvgIpc) is 3.46. The van der Waals surface area contributed by atoms with Crippen LogP contribution in [-0.4, -0.2) is 36.6 Å². The van der Waals surface area contributed by atoms with Gasteiger partial charge in [0.05, 0.1) is 19.1 Å². The van der Waals surface area contributed by atoms with Crippen LogP contribution in [0.25, 0.3) is 0 Å². The Morgan fingerprint density at radius 1 is 1.02 bits per heavy atom. The van der Waals surface area contributed by atoms with Gasteiger partial charge in [0.1, 0.15) is 30.8 Å². The molecule has 0 aliphatic carbocycles. The van der Waals surface area contributed by atoms with Gasteiger partial charge in [0.15, 0.2) is 0 Å². The molecule has 8 nitrogen and oxygen atoms in total. The Morgan fingerprint density at radius 2 is 1.77 bits per heavy atom. The topological polar surface area (TPSA) is 94.2 Å². The number of anilines is 1. The quantitative estimate of drug-likeness (QED) is 0.189. The molecular formula is C35H31FN2O6. The van der Waals surface area contributed by atoms with Crippen LogP contribution in [0.2, 0.25) is 0 Å². The molecule has 2 amide bonds. The number of rotatable bonds is 12. The predicted octanol–water partition coefficient (Wildman–Crippen LogP) is 6.45. The van der Waals surface area contributed by atoms with Crippen LogP contribution < -0.4 is 10.1 Å². The van der Waals surface area contributed by atoms with Crippen LogP contribution in [0.5, 0.6) is 5.75 Å². The molecule has 2 unspecified atom stereocenters. The van der Waals surface area contributed by atoms with E-state index in [0.29, 0.717) is 23.6 Å². The third-order valence-corrected chi connectivity index (χ3v) is 7.41. The number of benzene rings is 3. The molecule has 0 radical (unpaired) electrons. The number of hydrogen-bond donors (Lipinski definition) is 1. The molecule has 1 saturated heterocycles. The van der Waals surface area contributed by atoms with E-state index < -0.39 is 41.8 Å². The van der Waals surface area contributed by atoms with Crippen molar-refractivity contribution in [3.8, 4) is 5.75 Å². The van der Waals surface area contributed by atoms with Crippen LogP contribution in [0, 0.1) is 23.9 Å². The SMILES string of the molecule is COC(=O)CCC(C(=O)N1C(=O)OC[C@H]1c1ccccc1)C(Nc1ccc(F)cc1)c1ccc(OCc2c#cccc2)cc1. The Labute approximate surface area is 255 Å². The highest BCUT2D eigenvalue weighted by molar-refractivity contribution is 5.95. The second kappa shape index (κ2) is 14.2. The van der Waals surface area contributed by atoms with Crippen LogP contribution in [0.15, 0.2) is 97.1 Å². The maximum absolute atomic E-state index is 14.4. The van der Waals surface area contributed by atoms with E-state index in [4.69, 9.17) is 14.2 Å². The number of esters is 1. The molecule has 1 N–H and O–H groups in total. The lowest BCUT2D eigenvalue weighted by Gasteiger charge is -2.32. The lowest BCUT2D eigenvalue weighted by Crippen LogP contribution is -2.42. The Morgan fingerprint density at radius 3 is 2.45 bits per heavy atom. The first-order valence-electron chi connectivity index (χ1n) is 14.2. The Hall–Kier alpha value is -5.36. The van der Waals surface area contributed by atoms with Crippen molar-refractivity contribution in [2.75, 3.05) is 19.0 Å². The van der Waals surface area contributed by atoms with Crippen LogP contribution in [0.3, 0.4) is 0 Å². The normalized spacial score (nSPS) is 15.5. The monoisotopic (exact) mass is 594 g/mol. The minimum absolute atomic E-state index is 0.0109. The maximum Gasteiger partial charge on any atom is 0.417 e. The van der Waals surface area contributed by atoms with E-state index in [-0.39, 0.29) is 19.4 Å². The van der Waals surface area contributed by atoms with Crippen molar-refractivity contribution in [1.29, 1.82) is 0 Å². The standard InChI is InChI=1S/C35H31FN2O6/c1-42-32(39)21-20-30(34(40)38-31(23-44-35(38)41)25-10-6-3-7-11-25)33(37-28-16-14-27(36)15-17-28)26-12-18-29(19-13-26)43-22-24-8-4-2-5-9-24/h2-4,6-8,10-19,30-31,33,37H,20-23H2,1H3/t30?,31-,33?/m0/s1. The molecule has 0 spiro atoms. The highest BCUT2D eigenvalue weighted by atomic mass is 19.1. The second-order valence-corrected chi connectivity index (χ2v) is 10.2. The molecule has 4 aromatic carbocycles. The number of nitrogens with zero attached hydrogens (tertiary/aromatic N) is 1. The lowest BCUT2D eigenvalue weighted by atomic mass is 9.87. The molecule has 224 valence electrons. The van der Waals surface area contributed by atoms with Crippen molar-refractivity contribution in [3.63, 3.8) is 0 Å². The number of hydrogen-bond acceptors (Lipinski definition) is 7. The fourth-order valence-electron chi connectivity index (χ4n) is 5.12. The summed E-state index contributed by atoms with van der Waals surface area (Å²) >= 11 is 0. The summed E-state index contributed by atoms with van der Waals surface area (Å²) in [5.41, 5.74) is 2.82. The molecule has 0 aromatic heterocycles. The fourth-order valence-corrected chi connectivity index (χ4v) is 5.12. The number of amides is 2. The van der Waals surface area contributed by atoms with Crippen molar-refractivity contribution >= 4 is 23.7 Å². The van der Waals surface area contributed by atoms with Crippen molar-refractivity contribution in [1.82, 2.24) is 4.90 Å². The third-order valence-electron chi connectivity index (χ3n) is 7.41. The average molecular weight is 595 g/mol. The smallest absolute Gasteiger partial charge is 0.417 e. The molecule has 44 heavy (non-hydrogen) atoms. The molecule has 9 heteroatoms. The van der Waals surface area contributed by atoms with E-state index in [1.165, 1.54) is 19.2 Å². The summed E-state index contributed by atoms with van der Waals surface area (Å²) in [6.45, 7) is 0.309. The molecular weight excluding hydrogens is 563 g/mol. The van der Waals surface area contributed by atoms with Gasteiger partial charge in [0.2, 0.25) is 5.91 Å². The zero-order chi connectivity index (χ0) is 30.9. The lowest BCUT2D eigenvalue weighted by molar-refractivity contribution is -0.141. The van der Waals surface area contributed by atoms with Crippen molar-refractivity contribution < 1.29 is 33.0 Å². The largest absolute Gasteiger partial charge is 0.488 e. The molecule has 1 fully saturated rings. The van der Waals surface area contributed by atoms with E-state index in [1.807, 2.05) is 54.6 Å². The van der Waals surface area contributed by atoms with Gasteiger partial charge >= 0.3 is 12.1 Å². The Balaban J connectivity index is 1.48. The molecule has 3 atom stereocenters. The number of imide groups is 1. The van der Waals surface area contributed by atoms with Gasteiger partial charge in [-0.05, 0) is 66.1 Å². The highest BCUT2D eigenvalue weighted by Crippen LogP contribution is 2.37. The van der Waals surface area contributed by atoms with Crippen LogP contribution in [0.1, 0.15) is 41.6 Å². The van der Waals surface area contributed by atoms with Gasteiger partial charge in [-0.15, -0.1) is 0 Å². The molecule has 1 aliphatic rings. The van der Waals surface area contributed by atoms with Gasteiger partial charge in [-0.3, -0.25) is 9.59 Å². The number of ether oxygens (including phenoxy) is 3. The summed E-state index contributed by atoms with van der Waals surface area (Å²) in [6, 6.07) is 32.1. The van der Waals surface area contributed by atoms with Crippen LogP contribution in [0.4, 0.5) is 14.9 Å². The summed E-state index contributed by atoms with van der Waals surface area (Å²) in [6.07, 6.45) is -0.765. The molecule has 5 rings (SSSR count). The van der Waals surface area contributed by atoms with Crippen molar-refractivity contribution in [2.45, 2.75) is 31.5 Å². The minimum Gasteiger partial charge on any atom is -0.488 e. The van der Waals surface area contributed by atoms with Gasteiger partial charge in [-0.2, -0.15) is 0 Å². The number of halogens is 1. The summed E-state index contributed by atoms with van der Waals surface area (Å²) in [5, 5.41) is 3.35. The van der Waals surface area contributed by atoms with Crippen LogP contribution in [-0.2, 0) is 25.7 Å². The first-order valence-corrected chi connectivity index (χ1v) is 14.2. The maximum atomic E-state index is 14.4. The van der Waals surface area contributed by atoms with Crippen LogP contribution >= 0.6 is 0 Å². The van der Waals surface area contributed by atoms with Gasteiger partial charge in [-0.1, -0.05) is 60.7 Å². The zero-order valence-corrected chi connectivity index (χ0v) is 24.1. The van der Waals surface area contributed by atoms with Gasteiger partial charge < -0.3 is 19.5 Å². The predicted molar refractivity (Wildman–Crippen MR) is 160 cm³/mol. The summed E-state index contributed by atoms with van der Waals surface area (Å²) in [4.78, 5) is 40.8. The molecule has 4 aromatic rings. The number of nitrogens with one attached hydrogen (secondary N) is 1. The number of carbonyl (C=O) groups is 3. The fraction of sp³-hybridized carbons (Fsp3) is 0.229. The second-order valence-electron chi connectivity index (χ2n) is 10.2.